The minimum Gasteiger partial charge on any atom is -0.495 e. The first-order chi connectivity index (χ1) is 18.7. The van der Waals surface area contributed by atoms with E-state index in [1.54, 1.807) is 7.11 Å². The van der Waals surface area contributed by atoms with Crippen LogP contribution in [0.1, 0.15) is 11.1 Å². The lowest BCUT2D eigenvalue weighted by molar-refractivity contribution is 0.0398. The van der Waals surface area contributed by atoms with E-state index in [0.717, 1.165) is 98.2 Å². The van der Waals surface area contributed by atoms with Crippen LogP contribution in [0.15, 0.2) is 54.9 Å². The van der Waals surface area contributed by atoms with Gasteiger partial charge in [0.25, 0.3) is 0 Å². The number of hydrogen-bond acceptors (Lipinski definition) is 9. The number of nitrogens with zero attached hydrogens (tertiary/aromatic N) is 4. The van der Waals surface area contributed by atoms with Gasteiger partial charge in [-0.05, 0) is 60.0 Å². The van der Waals surface area contributed by atoms with Gasteiger partial charge in [-0.1, -0.05) is 12.1 Å². The second-order valence-corrected chi connectivity index (χ2v) is 9.65. The van der Waals surface area contributed by atoms with E-state index >= 15 is 0 Å². The highest BCUT2D eigenvalue weighted by atomic mass is 16.5. The van der Waals surface area contributed by atoms with E-state index in [9.17, 15) is 0 Å². The smallest absolute Gasteiger partial charge is 0.227 e. The Hall–Kier alpha value is -3.79. The molecular weight excluding hydrogens is 478 g/mol. The number of pyridine rings is 1. The predicted molar refractivity (Wildman–Crippen MR) is 150 cm³/mol. The fraction of sp³-hybridized carbons (Fsp3) is 0.345. The van der Waals surface area contributed by atoms with E-state index in [1.165, 1.54) is 11.1 Å². The molecule has 6 rings (SSSR count). The number of nitrogens with one attached hydrogen (secondary N) is 3. The van der Waals surface area contributed by atoms with Crippen molar-refractivity contribution in [2.24, 2.45) is 0 Å². The van der Waals surface area contributed by atoms with Crippen LogP contribution in [0.2, 0.25) is 0 Å². The van der Waals surface area contributed by atoms with E-state index < -0.39 is 0 Å². The SMILES string of the molecule is COc1cc2c(cc1Nc1ncc3ccc(-c4ccc(NCCN5CCOCC5)nc4)cc3n1)CNCC2. The van der Waals surface area contributed by atoms with Crippen molar-refractivity contribution in [1.82, 2.24) is 25.2 Å². The molecule has 0 radical (unpaired) electrons. The highest BCUT2D eigenvalue weighted by Gasteiger charge is 2.15. The van der Waals surface area contributed by atoms with Gasteiger partial charge >= 0.3 is 0 Å². The number of ether oxygens (including phenoxy) is 2. The fourth-order valence-corrected chi connectivity index (χ4v) is 5.00. The third-order valence-corrected chi connectivity index (χ3v) is 7.17. The molecule has 38 heavy (non-hydrogen) atoms. The molecule has 2 aliphatic rings. The first-order valence-corrected chi connectivity index (χ1v) is 13.2. The molecule has 2 aromatic carbocycles. The normalized spacial score (nSPS) is 15.7. The van der Waals surface area contributed by atoms with Crippen LogP contribution in [0.4, 0.5) is 17.5 Å². The zero-order valence-corrected chi connectivity index (χ0v) is 21.7. The van der Waals surface area contributed by atoms with Gasteiger partial charge in [-0.25, -0.2) is 15.0 Å². The number of rotatable bonds is 8. The quantitative estimate of drug-likeness (QED) is 0.326. The highest BCUT2D eigenvalue weighted by molar-refractivity contribution is 5.84. The summed E-state index contributed by atoms with van der Waals surface area (Å²) in [6.07, 6.45) is 4.76. The Bertz CT molecular complexity index is 1400. The molecule has 1 saturated heterocycles. The molecule has 196 valence electrons. The number of aromatic nitrogens is 3. The Morgan fingerprint density at radius 1 is 1.00 bits per heavy atom. The second kappa shape index (κ2) is 11.3. The van der Waals surface area contributed by atoms with Crippen molar-refractivity contribution < 1.29 is 9.47 Å². The monoisotopic (exact) mass is 511 g/mol. The predicted octanol–water partition coefficient (Wildman–Crippen LogP) is 3.83. The van der Waals surface area contributed by atoms with Crippen LogP contribution in [0.25, 0.3) is 22.0 Å². The Labute approximate surface area is 222 Å². The second-order valence-electron chi connectivity index (χ2n) is 9.65. The first kappa shape index (κ1) is 24.5. The fourth-order valence-electron chi connectivity index (χ4n) is 5.00. The summed E-state index contributed by atoms with van der Waals surface area (Å²) >= 11 is 0. The molecule has 2 aliphatic heterocycles. The number of hydrogen-bond donors (Lipinski definition) is 3. The summed E-state index contributed by atoms with van der Waals surface area (Å²) in [5, 5.41) is 11.2. The summed E-state index contributed by atoms with van der Waals surface area (Å²) in [5.41, 5.74) is 6.43. The summed E-state index contributed by atoms with van der Waals surface area (Å²) < 4.78 is 11.1. The molecule has 0 saturated carbocycles. The minimum atomic E-state index is 0.537. The summed E-state index contributed by atoms with van der Waals surface area (Å²) in [5.74, 6) is 2.22. The largest absolute Gasteiger partial charge is 0.495 e. The molecule has 0 spiro atoms. The van der Waals surface area contributed by atoms with Crippen molar-refractivity contribution in [2.45, 2.75) is 13.0 Å². The van der Waals surface area contributed by atoms with E-state index in [4.69, 9.17) is 14.5 Å². The summed E-state index contributed by atoms with van der Waals surface area (Å²) in [6, 6.07) is 14.6. The molecule has 0 amide bonds. The van der Waals surface area contributed by atoms with Gasteiger partial charge in [-0.15, -0.1) is 0 Å². The molecule has 0 bridgehead atoms. The number of methoxy groups -OCH3 is 1. The van der Waals surface area contributed by atoms with Crippen LogP contribution in [-0.2, 0) is 17.7 Å². The summed E-state index contributed by atoms with van der Waals surface area (Å²) in [6.45, 7) is 7.32. The molecule has 1 fully saturated rings. The van der Waals surface area contributed by atoms with Crippen molar-refractivity contribution in [3.63, 3.8) is 0 Å². The maximum absolute atomic E-state index is 5.66. The highest BCUT2D eigenvalue weighted by Crippen LogP contribution is 2.32. The molecule has 9 nitrogen and oxygen atoms in total. The maximum atomic E-state index is 5.66. The van der Waals surface area contributed by atoms with Gasteiger partial charge in [0.1, 0.15) is 11.6 Å². The zero-order chi connectivity index (χ0) is 25.7. The van der Waals surface area contributed by atoms with Crippen LogP contribution >= 0.6 is 0 Å². The summed E-state index contributed by atoms with van der Waals surface area (Å²) in [4.78, 5) is 16.4. The van der Waals surface area contributed by atoms with E-state index in [-0.39, 0.29) is 0 Å². The van der Waals surface area contributed by atoms with Gasteiger partial charge in [0.2, 0.25) is 5.95 Å². The van der Waals surface area contributed by atoms with Gasteiger partial charge in [0.15, 0.2) is 0 Å². The number of morpholine rings is 1. The molecule has 4 heterocycles. The Balaban J connectivity index is 1.16. The van der Waals surface area contributed by atoms with Crippen LogP contribution in [0, 0.1) is 0 Å². The molecule has 2 aromatic heterocycles. The average molecular weight is 512 g/mol. The van der Waals surface area contributed by atoms with Crippen molar-refractivity contribution in [3.8, 4) is 16.9 Å². The van der Waals surface area contributed by atoms with Crippen molar-refractivity contribution >= 4 is 28.4 Å². The molecule has 9 heteroatoms. The Morgan fingerprint density at radius 2 is 1.89 bits per heavy atom. The molecule has 3 N–H and O–H groups in total. The van der Waals surface area contributed by atoms with Crippen molar-refractivity contribution in [1.29, 1.82) is 0 Å². The first-order valence-electron chi connectivity index (χ1n) is 13.2. The number of anilines is 3. The molecule has 0 aliphatic carbocycles. The summed E-state index contributed by atoms with van der Waals surface area (Å²) in [7, 11) is 1.69. The van der Waals surface area contributed by atoms with Gasteiger partial charge in [-0.3, -0.25) is 4.90 Å². The van der Waals surface area contributed by atoms with Crippen LogP contribution in [-0.4, -0.2) is 72.9 Å². The topological polar surface area (TPSA) is 96.5 Å². The van der Waals surface area contributed by atoms with Gasteiger partial charge in [0, 0.05) is 56.1 Å². The Morgan fingerprint density at radius 3 is 2.74 bits per heavy atom. The molecule has 0 unspecified atom stereocenters. The lowest BCUT2D eigenvalue weighted by atomic mass is 10.00. The van der Waals surface area contributed by atoms with E-state index in [2.05, 4.69) is 61.2 Å². The van der Waals surface area contributed by atoms with E-state index in [0.29, 0.717) is 5.95 Å². The third kappa shape index (κ3) is 5.55. The zero-order valence-electron chi connectivity index (χ0n) is 21.7. The molecule has 0 atom stereocenters. The molecule has 4 aromatic rings. The van der Waals surface area contributed by atoms with Crippen LogP contribution in [0.5, 0.6) is 5.75 Å². The van der Waals surface area contributed by atoms with Crippen molar-refractivity contribution in [3.05, 3.63) is 66.0 Å². The van der Waals surface area contributed by atoms with E-state index in [1.807, 2.05) is 24.5 Å². The molecular formula is C29H33N7O2. The van der Waals surface area contributed by atoms with Gasteiger partial charge in [0.05, 0.1) is 31.5 Å². The van der Waals surface area contributed by atoms with Crippen LogP contribution in [0.3, 0.4) is 0 Å². The number of fused-ring (bicyclic) bond motifs is 2. The van der Waals surface area contributed by atoms with Gasteiger partial charge in [-0.2, -0.15) is 0 Å². The van der Waals surface area contributed by atoms with Crippen molar-refractivity contribution in [2.75, 3.05) is 63.7 Å². The Kier molecular flexibility index (Phi) is 7.30. The van der Waals surface area contributed by atoms with Gasteiger partial charge < -0.3 is 25.4 Å². The lowest BCUT2D eigenvalue weighted by Crippen LogP contribution is -2.39. The third-order valence-electron chi connectivity index (χ3n) is 7.17. The maximum Gasteiger partial charge on any atom is 0.227 e. The lowest BCUT2D eigenvalue weighted by Gasteiger charge is -2.26. The average Bonchev–Trinajstić information content (AvgIpc) is 2.97. The van der Waals surface area contributed by atoms with Crippen LogP contribution < -0.4 is 20.7 Å². The standard InChI is InChI=1S/C29H33N7O2/c1-37-27-16-21-6-7-30-17-24(21)15-26(27)35-29-33-19-23-3-2-20(14-25(23)34-29)22-4-5-28(32-18-22)31-8-9-36-10-12-38-13-11-36/h2-5,14-16,18-19,30H,6-13,17H2,1H3,(H,31,32)(H,33,34,35). The number of benzene rings is 2. The minimum absolute atomic E-state index is 0.537.